The molecule has 0 atom stereocenters. The zero-order valence-corrected chi connectivity index (χ0v) is 14.2. The van der Waals surface area contributed by atoms with Crippen LogP contribution in [0.1, 0.15) is 5.56 Å². The normalized spacial score (nSPS) is 11.1. The molecular weight excluding hydrogens is 341 g/mol. The highest BCUT2D eigenvalue weighted by Crippen LogP contribution is 2.30. The highest BCUT2D eigenvalue weighted by molar-refractivity contribution is 6.36. The minimum atomic E-state index is 0.637. The van der Waals surface area contributed by atoms with Gasteiger partial charge in [-0.25, -0.2) is 4.68 Å². The molecule has 24 heavy (non-hydrogen) atoms. The number of para-hydroxylation sites is 1. The standard InChI is InChI=1S/C19H13Cl2N3/c20-15-9-10-16(17(21)11-15)14-7-5-13(6-8-14)12-24-19-4-2-1-3-18(19)22-23-24/h1-11H,12H2. The average Bonchev–Trinajstić information content (AvgIpc) is 2.99. The maximum absolute atomic E-state index is 6.28. The monoisotopic (exact) mass is 353 g/mol. The Hall–Kier alpha value is -2.36. The van der Waals surface area contributed by atoms with Crippen molar-refractivity contribution in [2.75, 3.05) is 0 Å². The molecule has 3 nitrogen and oxygen atoms in total. The molecule has 0 aliphatic carbocycles. The average molecular weight is 354 g/mol. The minimum Gasteiger partial charge on any atom is -0.240 e. The van der Waals surface area contributed by atoms with E-state index in [2.05, 4.69) is 34.6 Å². The van der Waals surface area contributed by atoms with Gasteiger partial charge in [0.2, 0.25) is 0 Å². The third-order valence-corrected chi connectivity index (χ3v) is 4.50. The fourth-order valence-corrected chi connectivity index (χ4v) is 3.24. The molecule has 4 rings (SSSR count). The van der Waals surface area contributed by atoms with Gasteiger partial charge in [-0.3, -0.25) is 0 Å². The van der Waals surface area contributed by atoms with Crippen LogP contribution in [0.25, 0.3) is 22.2 Å². The van der Waals surface area contributed by atoms with E-state index >= 15 is 0 Å². The second-order valence-corrected chi connectivity index (χ2v) is 6.40. The summed E-state index contributed by atoms with van der Waals surface area (Å²) in [6.45, 7) is 0.676. The third-order valence-electron chi connectivity index (χ3n) is 3.95. The second-order valence-electron chi connectivity index (χ2n) is 5.56. The molecule has 0 radical (unpaired) electrons. The number of rotatable bonds is 3. The van der Waals surface area contributed by atoms with E-state index in [0.29, 0.717) is 16.6 Å². The van der Waals surface area contributed by atoms with Crippen LogP contribution in [-0.4, -0.2) is 15.0 Å². The van der Waals surface area contributed by atoms with Crippen molar-refractivity contribution >= 4 is 34.2 Å². The van der Waals surface area contributed by atoms with E-state index in [1.807, 2.05) is 41.1 Å². The van der Waals surface area contributed by atoms with Gasteiger partial charge in [-0.05, 0) is 35.4 Å². The fraction of sp³-hybridized carbons (Fsp3) is 0.0526. The minimum absolute atomic E-state index is 0.637. The Bertz CT molecular complexity index is 1010. The van der Waals surface area contributed by atoms with Gasteiger partial charge in [-0.15, -0.1) is 5.10 Å². The van der Waals surface area contributed by atoms with Crippen molar-refractivity contribution in [1.82, 2.24) is 15.0 Å². The lowest BCUT2D eigenvalue weighted by Crippen LogP contribution is -2.01. The molecule has 0 unspecified atom stereocenters. The van der Waals surface area contributed by atoms with Crippen LogP contribution in [0.4, 0.5) is 0 Å². The molecule has 0 bridgehead atoms. The lowest BCUT2D eigenvalue weighted by Gasteiger charge is -2.07. The first-order valence-electron chi connectivity index (χ1n) is 7.53. The van der Waals surface area contributed by atoms with Crippen molar-refractivity contribution < 1.29 is 0 Å². The van der Waals surface area contributed by atoms with Gasteiger partial charge < -0.3 is 0 Å². The van der Waals surface area contributed by atoms with Crippen LogP contribution in [0.3, 0.4) is 0 Å². The fourth-order valence-electron chi connectivity index (χ4n) is 2.72. The lowest BCUT2D eigenvalue weighted by molar-refractivity contribution is 0.670. The van der Waals surface area contributed by atoms with E-state index in [1.165, 1.54) is 0 Å². The Morgan fingerprint density at radius 3 is 2.46 bits per heavy atom. The van der Waals surface area contributed by atoms with Gasteiger partial charge in [-0.2, -0.15) is 0 Å². The number of benzene rings is 3. The maximum Gasteiger partial charge on any atom is 0.113 e. The first-order valence-corrected chi connectivity index (χ1v) is 8.29. The first-order chi connectivity index (χ1) is 11.7. The van der Waals surface area contributed by atoms with Crippen molar-refractivity contribution in [2.45, 2.75) is 6.54 Å². The van der Waals surface area contributed by atoms with Gasteiger partial charge >= 0.3 is 0 Å². The lowest BCUT2D eigenvalue weighted by atomic mass is 10.0. The van der Waals surface area contributed by atoms with E-state index in [0.717, 1.165) is 27.7 Å². The molecule has 0 aliphatic heterocycles. The molecule has 118 valence electrons. The quantitative estimate of drug-likeness (QED) is 0.490. The molecule has 3 aromatic carbocycles. The summed E-state index contributed by atoms with van der Waals surface area (Å²) in [6.07, 6.45) is 0. The molecule has 0 fully saturated rings. The zero-order valence-electron chi connectivity index (χ0n) is 12.7. The van der Waals surface area contributed by atoms with E-state index in [-0.39, 0.29) is 0 Å². The summed E-state index contributed by atoms with van der Waals surface area (Å²) in [6, 6.07) is 21.8. The van der Waals surface area contributed by atoms with Crippen LogP contribution in [0.5, 0.6) is 0 Å². The van der Waals surface area contributed by atoms with Gasteiger partial charge in [0, 0.05) is 15.6 Å². The Morgan fingerprint density at radius 2 is 1.67 bits per heavy atom. The summed E-state index contributed by atoms with van der Waals surface area (Å²) >= 11 is 12.2. The Kier molecular flexibility index (Phi) is 3.97. The number of hydrogen-bond donors (Lipinski definition) is 0. The summed E-state index contributed by atoms with van der Waals surface area (Å²) in [5.41, 5.74) is 5.12. The molecule has 0 aliphatic rings. The van der Waals surface area contributed by atoms with Crippen molar-refractivity contribution in [2.24, 2.45) is 0 Å². The van der Waals surface area contributed by atoms with Crippen molar-refractivity contribution in [3.05, 3.63) is 82.3 Å². The van der Waals surface area contributed by atoms with E-state index < -0.39 is 0 Å². The SMILES string of the molecule is Clc1ccc(-c2ccc(Cn3nnc4ccccc43)cc2)c(Cl)c1. The van der Waals surface area contributed by atoms with Gasteiger partial charge in [0.25, 0.3) is 0 Å². The number of nitrogens with zero attached hydrogens (tertiary/aromatic N) is 3. The van der Waals surface area contributed by atoms with Crippen molar-refractivity contribution in [3.8, 4) is 11.1 Å². The predicted molar refractivity (Wildman–Crippen MR) is 98.5 cm³/mol. The van der Waals surface area contributed by atoms with Crippen molar-refractivity contribution in [3.63, 3.8) is 0 Å². The van der Waals surface area contributed by atoms with Crippen LogP contribution < -0.4 is 0 Å². The Balaban J connectivity index is 1.62. The predicted octanol–water partition coefficient (Wildman–Crippen LogP) is 5.45. The summed E-state index contributed by atoms with van der Waals surface area (Å²) in [5, 5.41) is 9.70. The third kappa shape index (κ3) is 2.88. The number of halogens is 2. The molecule has 1 aromatic heterocycles. The molecule has 0 spiro atoms. The maximum atomic E-state index is 6.28. The second kappa shape index (κ2) is 6.27. The van der Waals surface area contributed by atoms with Crippen LogP contribution >= 0.6 is 23.2 Å². The van der Waals surface area contributed by atoms with Crippen molar-refractivity contribution in [1.29, 1.82) is 0 Å². The Morgan fingerprint density at radius 1 is 0.875 bits per heavy atom. The summed E-state index contributed by atoms with van der Waals surface area (Å²) in [7, 11) is 0. The van der Waals surface area contributed by atoms with E-state index in [1.54, 1.807) is 6.07 Å². The highest BCUT2D eigenvalue weighted by Gasteiger charge is 2.06. The largest absolute Gasteiger partial charge is 0.240 e. The zero-order chi connectivity index (χ0) is 16.5. The van der Waals surface area contributed by atoms with E-state index in [4.69, 9.17) is 23.2 Å². The van der Waals surface area contributed by atoms with Crippen LogP contribution in [-0.2, 0) is 6.54 Å². The molecule has 0 N–H and O–H groups in total. The molecule has 5 heteroatoms. The smallest absolute Gasteiger partial charge is 0.113 e. The number of hydrogen-bond acceptors (Lipinski definition) is 2. The summed E-state index contributed by atoms with van der Waals surface area (Å²) in [4.78, 5) is 0. The van der Waals surface area contributed by atoms with Gasteiger partial charge in [0.15, 0.2) is 0 Å². The highest BCUT2D eigenvalue weighted by atomic mass is 35.5. The van der Waals surface area contributed by atoms with Gasteiger partial charge in [0.05, 0.1) is 12.1 Å². The molecule has 0 saturated carbocycles. The topological polar surface area (TPSA) is 30.7 Å². The van der Waals surface area contributed by atoms with Crippen LogP contribution in [0, 0.1) is 0 Å². The van der Waals surface area contributed by atoms with Gasteiger partial charge in [-0.1, -0.05) is 70.9 Å². The van der Waals surface area contributed by atoms with Gasteiger partial charge in [0.1, 0.15) is 5.52 Å². The Labute approximate surface area is 149 Å². The molecule has 1 heterocycles. The first kappa shape index (κ1) is 15.2. The summed E-state index contributed by atoms with van der Waals surface area (Å²) < 4.78 is 1.90. The number of fused-ring (bicyclic) bond motifs is 1. The number of aromatic nitrogens is 3. The molecule has 0 saturated heterocycles. The van der Waals surface area contributed by atoms with E-state index in [9.17, 15) is 0 Å². The molecular formula is C19H13Cl2N3. The molecule has 0 amide bonds. The van der Waals surface area contributed by atoms with Crippen LogP contribution in [0.2, 0.25) is 10.0 Å². The summed E-state index contributed by atoms with van der Waals surface area (Å²) in [5.74, 6) is 0. The van der Waals surface area contributed by atoms with Crippen LogP contribution in [0.15, 0.2) is 66.7 Å². The molecule has 4 aromatic rings.